The number of carbonyl (C=O) groups excluding carboxylic acids is 1. The minimum Gasteiger partial charge on any atom is -0.300 e. The van der Waals surface area contributed by atoms with Gasteiger partial charge >= 0.3 is 6.18 Å². The molecule has 1 heterocycles. The smallest absolute Gasteiger partial charge is 0.300 e. The van der Waals surface area contributed by atoms with Crippen LogP contribution in [-0.4, -0.2) is 11.1 Å². The second-order valence-corrected chi connectivity index (χ2v) is 7.55. The molecule has 0 saturated carbocycles. The SMILES string of the molecule is O=C1NC(=Nc2ccccc2)SC1=Cc1ccc(-c2ccc(C(F)(F)F)cc2)cc1. The number of carbonyl (C=O) groups is 1. The third-order valence-electron chi connectivity index (χ3n) is 4.39. The second-order valence-electron chi connectivity index (χ2n) is 6.51. The lowest BCUT2D eigenvalue weighted by atomic mass is 10.0. The number of thioether (sulfide) groups is 1. The molecule has 1 aliphatic rings. The Labute approximate surface area is 175 Å². The van der Waals surface area contributed by atoms with Gasteiger partial charge in [0.25, 0.3) is 5.91 Å². The molecule has 4 rings (SSSR count). The second kappa shape index (κ2) is 8.20. The van der Waals surface area contributed by atoms with E-state index in [1.807, 2.05) is 54.6 Å². The first kappa shape index (κ1) is 20.0. The first-order valence-electron chi connectivity index (χ1n) is 9.01. The van der Waals surface area contributed by atoms with Gasteiger partial charge in [0, 0.05) is 0 Å². The van der Waals surface area contributed by atoms with E-state index in [0.717, 1.165) is 28.9 Å². The third-order valence-corrected chi connectivity index (χ3v) is 5.30. The Balaban J connectivity index is 1.50. The number of para-hydroxylation sites is 1. The first-order valence-corrected chi connectivity index (χ1v) is 9.82. The van der Waals surface area contributed by atoms with Crippen molar-refractivity contribution in [3.63, 3.8) is 0 Å². The van der Waals surface area contributed by atoms with Gasteiger partial charge < -0.3 is 5.32 Å². The summed E-state index contributed by atoms with van der Waals surface area (Å²) in [6, 6.07) is 21.6. The molecule has 0 aliphatic carbocycles. The molecule has 0 bridgehead atoms. The predicted octanol–water partition coefficient (Wildman–Crippen LogP) is 6.26. The number of nitrogens with one attached hydrogen (secondary N) is 1. The van der Waals surface area contributed by atoms with Crippen molar-refractivity contribution in [3.8, 4) is 11.1 Å². The number of nitrogens with zero attached hydrogens (tertiary/aromatic N) is 1. The third kappa shape index (κ3) is 4.63. The highest BCUT2D eigenvalue weighted by Gasteiger charge is 2.30. The maximum Gasteiger partial charge on any atom is 0.416 e. The average molecular weight is 424 g/mol. The molecule has 1 saturated heterocycles. The van der Waals surface area contributed by atoms with Crippen LogP contribution in [0.25, 0.3) is 17.2 Å². The number of alkyl halides is 3. The lowest BCUT2D eigenvalue weighted by Gasteiger charge is -2.08. The van der Waals surface area contributed by atoms with E-state index in [1.54, 1.807) is 6.08 Å². The van der Waals surface area contributed by atoms with Gasteiger partial charge in [-0.1, -0.05) is 54.6 Å². The van der Waals surface area contributed by atoms with Crippen LogP contribution in [0.1, 0.15) is 11.1 Å². The molecule has 1 aliphatic heterocycles. The zero-order valence-corrected chi connectivity index (χ0v) is 16.3. The Bertz CT molecular complexity index is 1120. The van der Waals surface area contributed by atoms with E-state index in [4.69, 9.17) is 0 Å². The van der Waals surface area contributed by atoms with Crippen LogP contribution in [-0.2, 0) is 11.0 Å². The molecule has 150 valence electrons. The van der Waals surface area contributed by atoms with Gasteiger partial charge in [-0.3, -0.25) is 4.79 Å². The van der Waals surface area contributed by atoms with Crippen LogP contribution in [0.2, 0.25) is 0 Å². The zero-order chi connectivity index (χ0) is 21.1. The van der Waals surface area contributed by atoms with Gasteiger partial charge in [-0.05, 0) is 58.8 Å². The van der Waals surface area contributed by atoms with E-state index in [1.165, 1.54) is 23.9 Å². The van der Waals surface area contributed by atoms with Crippen LogP contribution in [0.3, 0.4) is 0 Å². The van der Waals surface area contributed by atoms with Crippen molar-refractivity contribution in [2.24, 2.45) is 4.99 Å². The number of hydrogen-bond donors (Lipinski definition) is 1. The maximum atomic E-state index is 12.7. The van der Waals surface area contributed by atoms with E-state index in [9.17, 15) is 18.0 Å². The fourth-order valence-corrected chi connectivity index (χ4v) is 3.72. The first-order chi connectivity index (χ1) is 14.4. The number of aliphatic imine (C=N–C) groups is 1. The number of halogens is 3. The normalized spacial score (nSPS) is 16.8. The molecule has 0 aromatic heterocycles. The molecule has 1 N–H and O–H groups in total. The highest BCUT2D eigenvalue weighted by atomic mass is 32.2. The fraction of sp³-hybridized carbons (Fsp3) is 0.0435. The quantitative estimate of drug-likeness (QED) is 0.504. The summed E-state index contributed by atoms with van der Waals surface area (Å²) >= 11 is 1.26. The highest BCUT2D eigenvalue weighted by Crippen LogP contribution is 2.32. The monoisotopic (exact) mass is 424 g/mol. The van der Waals surface area contributed by atoms with E-state index < -0.39 is 11.7 Å². The molecule has 1 fully saturated rings. The largest absolute Gasteiger partial charge is 0.416 e. The Morgan fingerprint density at radius 2 is 1.43 bits per heavy atom. The van der Waals surface area contributed by atoms with Crippen LogP contribution in [0, 0.1) is 0 Å². The predicted molar refractivity (Wildman–Crippen MR) is 114 cm³/mol. The number of amidine groups is 1. The summed E-state index contributed by atoms with van der Waals surface area (Å²) in [7, 11) is 0. The number of amides is 1. The Morgan fingerprint density at radius 3 is 2.03 bits per heavy atom. The molecule has 1 amide bonds. The molecule has 7 heteroatoms. The van der Waals surface area contributed by atoms with Gasteiger partial charge in [0.05, 0.1) is 16.2 Å². The van der Waals surface area contributed by atoms with E-state index in [0.29, 0.717) is 15.6 Å². The van der Waals surface area contributed by atoms with Crippen molar-refractivity contribution in [2.45, 2.75) is 6.18 Å². The summed E-state index contributed by atoms with van der Waals surface area (Å²) in [4.78, 5) is 17.1. The summed E-state index contributed by atoms with van der Waals surface area (Å²) in [5, 5.41) is 3.25. The van der Waals surface area contributed by atoms with Crippen LogP contribution >= 0.6 is 11.8 Å². The molecular formula is C23H15F3N2OS. The Kier molecular flexibility index (Phi) is 5.46. The zero-order valence-electron chi connectivity index (χ0n) is 15.5. The lowest BCUT2D eigenvalue weighted by molar-refractivity contribution is -0.137. The highest BCUT2D eigenvalue weighted by molar-refractivity contribution is 8.18. The van der Waals surface area contributed by atoms with Gasteiger partial charge in [0.15, 0.2) is 5.17 Å². The summed E-state index contributed by atoms with van der Waals surface area (Å²) in [6.45, 7) is 0. The minimum absolute atomic E-state index is 0.221. The van der Waals surface area contributed by atoms with Crippen molar-refractivity contribution < 1.29 is 18.0 Å². The standard InChI is InChI=1S/C23H15F3N2OS/c24-23(25,26)18-12-10-17(11-13-18)16-8-6-15(7-9-16)14-20-21(29)28-22(30-20)27-19-4-2-1-3-5-19/h1-14H,(H,27,28,29). The van der Waals surface area contributed by atoms with Gasteiger partial charge in [0.1, 0.15) is 0 Å². The van der Waals surface area contributed by atoms with Crippen LogP contribution in [0.15, 0.2) is 88.8 Å². The number of rotatable bonds is 3. The molecule has 0 unspecified atom stereocenters. The van der Waals surface area contributed by atoms with Gasteiger partial charge in [-0.15, -0.1) is 0 Å². The minimum atomic E-state index is -4.35. The molecule has 0 atom stereocenters. The van der Waals surface area contributed by atoms with Crippen molar-refractivity contribution in [1.29, 1.82) is 0 Å². The van der Waals surface area contributed by atoms with Crippen molar-refractivity contribution in [1.82, 2.24) is 5.32 Å². The fourth-order valence-electron chi connectivity index (χ4n) is 2.88. The van der Waals surface area contributed by atoms with Gasteiger partial charge in [-0.2, -0.15) is 13.2 Å². The molecule has 3 aromatic carbocycles. The average Bonchev–Trinajstić information content (AvgIpc) is 3.07. The maximum absolute atomic E-state index is 12.7. The van der Waals surface area contributed by atoms with Crippen molar-refractivity contribution in [3.05, 3.63) is 94.9 Å². The Morgan fingerprint density at radius 1 is 0.833 bits per heavy atom. The topological polar surface area (TPSA) is 41.5 Å². The molecule has 30 heavy (non-hydrogen) atoms. The van der Waals surface area contributed by atoms with E-state index in [-0.39, 0.29) is 5.91 Å². The molecule has 0 radical (unpaired) electrons. The molecular weight excluding hydrogens is 409 g/mol. The van der Waals surface area contributed by atoms with Crippen LogP contribution < -0.4 is 5.32 Å². The summed E-state index contributed by atoms with van der Waals surface area (Å²) in [5.74, 6) is -0.221. The summed E-state index contributed by atoms with van der Waals surface area (Å²) < 4.78 is 38.1. The van der Waals surface area contributed by atoms with Crippen molar-refractivity contribution >= 4 is 34.6 Å². The lowest BCUT2D eigenvalue weighted by Crippen LogP contribution is -2.19. The number of benzene rings is 3. The van der Waals surface area contributed by atoms with Crippen molar-refractivity contribution in [2.75, 3.05) is 0 Å². The molecule has 3 nitrogen and oxygen atoms in total. The van der Waals surface area contributed by atoms with Gasteiger partial charge in [0.2, 0.25) is 0 Å². The van der Waals surface area contributed by atoms with E-state index in [2.05, 4.69) is 10.3 Å². The van der Waals surface area contributed by atoms with Crippen LogP contribution in [0.4, 0.5) is 18.9 Å². The van der Waals surface area contributed by atoms with E-state index >= 15 is 0 Å². The Hall–Kier alpha value is -3.32. The number of hydrogen-bond acceptors (Lipinski definition) is 3. The van der Waals surface area contributed by atoms with Crippen LogP contribution in [0.5, 0.6) is 0 Å². The summed E-state index contributed by atoms with van der Waals surface area (Å²) in [5.41, 5.74) is 2.37. The van der Waals surface area contributed by atoms with Gasteiger partial charge in [-0.25, -0.2) is 4.99 Å². The molecule has 0 spiro atoms. The molecule has 3 aromatic rings. The summed E-state index contributed by atoms with van der Waals surface area (Å²) in [6.07, 6.45) is -2.60.